The van der Waals surface area contributed by atoms with Gasteiger partial charge in [-0.2, -0.15) is 0 Å². The lowest BCUT2D eigenvalue weighted by atomic mass is 9.63. The summed E-state index contributed by atoms with van der Waals surface area (Å²) in [5, 5.41) is 3.66. The second-order valence-electron chi connectivity index (χ2n) is 9.77. The lowest BCUT2D eigenvalue weighted by Gasteiger charge is -2.48. The molecular formula is C19H38N2. The summed E-state index contributed by atoms with van der Waals surface area (Å²) in [4.78, 5) is 2.81. The van der Waals surface area contributed by atoms with E-state index in [2.05, 4.69) is 51.8 Å². The maximum absolute atomic E-state index is 3.66. The summed E-state index contributed by atoms with van der Waals surface area (Å²) < 4.78 is 0. The topological polar surface area (TPSA) is 15.3 Å². The van der Waals surface area contributed by atoms with Crippen LogP contribution in [0.4, 0.5) is 0 Å². The lowest BCUT2D eigenvalue weighted by molar-refractivity contribution is 0.0330. The Labute approximate surface area is 133 Å². The van der Waals surface area contributed by atoms with Crippen molar-refractivity contribution in [3.05, 3.63) is 0 Å². The van der Waals surface area contributed by atoms with E-state index in [4.69, 9.17) is 0 Å². The monoisotopic (exact) mass is 294 g/mol. The molecule has 0 radical (unpaired) electrons. The zero-order chi connectivity index (χ0) is 15.7. The van der Waals surface area contributed by atoms with Crippen LogP contribution >= 0.6 is 0 Å². The molecule has 0 bridgehead atoms. The van der Waals surface area contributed by atoms with E-state index in [1.807, 2.05) is 0 Å². The first-order valence-corrected chi connectivity index (χ1v) is 9.12. The minimum absolute atomic E-state index is 0.514. The van der Waals surface area contributed by atoms with E-state index in [-0.39, 0.29) is 0 Å². The van der Waals surface area contributed by atoms with Crippen molar-refractivity contribution in [1.29, 1.82) is 0 Å². The molecule has 124 valence electrons. The van der Waals surface area contributed by atoms with Gasteiger partial charge in [-0.05, 0) is 68.0 Å². The molecule has 2 rings (SSSR count). The van der Waals surface area contributed by atoms with Crippen LogP contribution in [-0.4, -0.2) is 37.1 Å². The molecule has 0 spiro atoms. The van der Waals surface area contributed by atoms with E-state index in [0.29, 0.717) is 10.8 Å². The molecule has 2 aliphatic rings. The first-order chi connectivity index (χ1) is 9.67. The zero-order valence-electron chi connectivity index (χ0n) is 15.3. The van der Waals surface area contributed by atoms with E-state index < -0.39 is 0 Å². The highest BCUT2D eigenvalue weighted by molar-refractivity contribution is 4.95. The Morgan fingerprint density at radius 3 is 2.29 bits per heavy atom. The van der Waals surface area contributed by atoms with Gasteiger partial charge in [0, 0.05) is 12.6 Å². The van der Waals surface area contributed by atoms with Crippen molar-refractivity contribution in [2.75, 3.05) is 26.2 Å². The molecule has 1 aliphatic carbocycles. The molecule has 2 heteroatoms. The second kappa shape index (κ2) is 6.58. The van der Waals surface area contributed by atoms with E-state index in [1.165, 1.54) is 51.9 Å². The number of rotatable bonds is 5. The van der Waals surface area contributed by atoms with Gasteiger partial charge in [0.1, 0.15) is 0 Å². The predicted octanol–water partition coefficient (Wildman–Crippen LogP) is 4.16. The van der Waals surface area contributed by atoms with Gasteiger partial charge in [-0.15, -0.1) is 0 Å². The summed E-state index contributed by atoms with van der Waals surface area (Å²) in [5.41, 5.74) is 1.03. The normalized spacial score (nSPS) is 30.1. The van der Waals surface area contributed by atoms with Crippen LogP contribution in [0, 0.1) is 22.7 Å². The zero-order valence-corrected chi connectivity index (χ0v) is 15.3. The molecule has 0 aromatic heterocycles. The van der Waals surface area contributed by atoms with Crippen LogP contribution < -0.4 is 5.32 Å². The number of hydrogen-bond donors (Lipinski definition) is 1. The molecule has 1 N–H and O–H groups in total. The molecule has 0 aromatic rings. The first kappa shape index (κ1) is 17.3. The highest BCUT2D eigenvalue weighted by Gasteiger charge is 2.41. The summed E-state index contributed by atoms with van der Waals surface area (Å²) >= 11 is 0. The second-order valence-corrected chi connectivity index (χ2v) is 9.77. The number of nitrogens with zero attached hydrogens (tertiary/aromatic N) is 1. The summed E-state index contributed by atoms with van der Waals surface area (Å²) in [7, 11) is 0. The molecule has 21 heavy (non-hydrogen) atoms. The third-order valence-corrected chi connectivity index (χ3v) is 5.35. The molecule has 2 fully saturated rings. The van der Waals surface area contributed by atoms with Gasteiger partial charge < -0.3 is 10.2 Å². The summed E-state index contributed by atoms with van der Waals surface area (Å²) in [6.07, 6.45) is 5.55. The van der Waals surface area contributed by atoms with Gasteiger partial charge in [-0.1, -0.05) is 41.5 Å². The fourth-order valence-corrected chi connectivity index (χ4v) is 4.98. The van der Waals surface area contributed by atoms with Crippen LogP contribution in [0.5, 0.6) is 0 Å². The molecule has 0 aromatic carbocycles. The van der Waals surface area contributed by atoms with Crippen molar-refractivity contribution in [1.82, 2.24) is 10.2 Å². The molecule has 1 saturated carbocycles. The summed E-state index contributed by atoms with van der Waals surface area (Å²) in [6.45, 7) is 19.5. The van der Waals surface area contributed by atoms with Crippen LogP contribution in [-0.2, 0) is 0 Å². The fourth-order valence-electron chi connectivity index (χ4n) is 4.98. The van der Waals surface area contributed by atoms with Gasteiger partial charge in [0.05, 0.1) is 0 Å². The Hall–Kier alpha value is -0.0800. The average Bonchev–Trinajstić information content (AvgIpc) is 2.73. The van der Waals surface area contributed by atoms with Gasteiger partial charge in [-0.25, -0.2) is 0 Å². The summed E-state index contributed by atoms with van der Waals surface area (Å²) in [5.74, 6) is 1.64. The maximum atomic E-state index is 3.66. The van der Waals surface area contributed by atoms with E-state index >= 15 is 0 Å². The molecule has 1 unspecified atom stereocenters. The van der Waals surface area contributed by atoms with Crippen LogP contribution in [0.2, 0.25) is 0 Å². The molecule has 1 atom stereocenters. The average molecular weight is 295 g/mol. The smallest absolute Gasteiger partial charge is 0.0106 e. The number of hydrogen-bond acceptors (Lipinski definition) is 2. The minimum atomic E-state index is 0.514. The molecule has 1 heterocycles. The third kappa shape index (κ3) is 5.25. The maximum Gasteiger partial charge on any atom is 0.0106 e. The molecule has 2 nitrogen and oxygen atoms in total. The highest BCUT2D eigenvalue weighted by atomic mass is 15.2. The van der Waals surface area contributed by atoms with Crippen molar-refractivity contribution in [3.8, 4) is 0 Å². The van der Waals surface area contributed by atoms with E-state index in [1.54, 1.807) is 0 Å². The van der Waals surface area contributed by atoms with Crippen LogP contribution in [0.25, 0.3) is 0 Å². The van der Waals surface area contributed by atoms with Crippen LogP contribution in [0.1, 0.15) is 67.2 Å². The molecule has 0 amide bonds. The van der Waals surface area contributed by atoms with Crippen molar-refractivity contribution in [2.45, 2.75) is 73.3 Å². The number of nitrogens with one attached hydrogen (secondary N) is 1. The first-order valence-electron chi connectivity index (χ1n) is 9.12. The van der Waals surface area contributed by atoms with Gasteiger partial charge in [0.25, 0.3) is 0 Å². The van der Waals surface area contributed by atoms with Crippen molar-refractivity contribution < 1.29 is 0 Å². The van der Waals surface area contributed by atoms with Gasteiger partial charge in [-0.3, -0.25) is 0 Å². The molecule has 1 saturated heterocycles. The van der Waals surface area contributed by atoms with Crippen LogP contribution in [0.15, 0.2) is 0 Å². The van der Waals surface area contributed by atoms with Gasteiger partial charge in [0.15, 0.2) is 0 Å². The van der Waals surface area contributed by atoms with Crippen molar-refractivity contribution in [3.63, 3.8) is 0 Å². The standard InChI is InChI=1S/C19H38N2/c1-15(2)11-20-12-16-7-8-21(13-16)17-9-18(3,4)14-19(5,6)10-17/h15-17,20H,7-14H2,1-6H3. The van der Waals surface area contributed by atoms with Gasteiger partial charge >= 0.3 is 0 Å². The van der Waals surface area contributed by atoms with Crippen molar-refractivity contribution >= 4 is 0 Å². The Bertz CT molecular complexity index is 316. The SMILES string of the molecule is CC(C)CNCC1CCN(C2CC(C)(C)CC(C)(C)C2)C1. The predicted molar refractivity (Wildman–Crippen MR) is 92.6 cm³/mol. The van der Waals surface area contributed by atoms with E-state index in [9.17, 15) is 0 Å². The van der Waals surface area contributed by atoms with Gasteiger partial charge in [0.2, 0.25) is 0 Å². The fraction of sp³-hybridized carbons (Fsp3) is 1.00. The third-order valence-electron chi connectivity index (χ3n) is 5.35. The van der Waals surface area contributed by atoms with E-state index in [0.717, 1.165) is 17.9 Å². The lowest BCUT2D eigenvalue weighted by Crippen LogP contribution is -2.45. The molecular weight excluding hydrogens is 256 g/mol. The quantitative estimate of drug-likeness (QED) is 0.819. The highest BCUT2D eigenvalue weighted by Crippen LogP contribution is 2.47. The molecule has 1 aliphatic heterocycles. The Balaban J connectivity index is 1.83. The Morgan fingerprint density at radius 2 is 1.71 bits per heavy atom. The van der Waals surface area contributed by atoms with Crippen molar-refractivity contribution in [2.24, 2.45) is 22.7 Å². The summed E-state index contributed by atoms with van der Waals surface area (Å²) in [6, 6.07) is 0.818. The Morgan fingerprint density at radius 1 is 1.10 bits per heavy atom. The van der Waals surface area contributed by atoms with Crippen LogP contribution in [0.3, 0.4) is 0 Å². The largest absolute Gasteiger partial charge is 0.316 e. The Kier molecular flexibility index (Phi) is 5.41. The minimum Gasteiger partial charge on any atom is -0.316 e. The number of likely N-dealkylation sites (tertiary alicyclic amines) is 1.